The Morgan fingerprint density at radius 3 is 2.34 bits per heavy atom. The Morgan fingerprint density at radius 1 is 0.921 bits per heavy atom. The van der Waals surface area contributed by atoms with E-state index in [0.717, 1.165) is 11.3 Å². The van der Waals surface area contributed by atoms with E-state index < -0.39 is 6.03 Å². The summed E-state index contributed by atoms with van der Waals surface area (Å²) in [5.41, 5.74) is 2.21. The number of halogens is 2. The summed E-state index contributed by atoms with van der Waals surface area (Å²) < 4.78 is 17.6. The maximum atomic E-state index is 12.7. The van der Waals surface area contributed by atoms with Crippen LogP contribution in [0.2, 0.25) is 10.0 Å². The largest absolute Gasteiger partial charge is 0.497 e. The molecule has 0 fully saturated rings. The third-order valence-corrected chi connectivity index (χ3v) is 6.91. The molecule has 0 unspecified atom stereocenters. The topological polar surface area (TPSA) is 99.5 Å². The molecule has 0 atom stereocenters. The van der Waals surface area contributed by atoms with E-state index in [1.54, 1.807) is 48.1 Å². The van der Waals surface area contributed by atoms with Crippen LogP contribution in [0, 0.1) is 0 Å². The molecule has 1 aromatic heterocycles. The van der Waals surface area contributed by atoms with Crippen LogP contribution < -0.4 is 24.8 Å². The Kier molecular flexibility index (Phi) is 9.22. The zero-order valence-corrected chi connectivity index (χ0v) is 23.2. The highest BCUT2D eigenvalue weighted by Gasteiger charge is 2.18. The first-order valence-corrected chi connectivity index (χ1v) is 13.1. The van der Waals surface area contributed by atoms with Gasteiger partial charge in [0.05, 0.1) is 38.6 Å². The van der Waals surface area contributed by atoms with Gasteiger partial charge in [-0.3, -0.25) is 4.57 Å². The van der Waals surface area contributed by atoms with Crippen LogP contribution in [-0.4, -0.2) is 42.1 Å². The first-order valence-electron chi connectivity index (χ1n) is 11.3. The van der Waals surface area contributed by atoms with Crippen molar-refractivity contribution < 1.29 is 19.0 Å². The molecule has 0 radical (unpaired) electrons. The lowest BCUT2D eigenvalue weighted by atomic mass is 10.2. The molecule has 0 aliphatic carbocycles. The summed E-state index contributed by atoms with van der Waals surface area (Å²) >= 11 is 14.1. The van der Waals surface area contributed by atoms with Crippen molar-refractivity contribution in [2.75, 3.05) is 26.6 Å². The number of thioether (sulfide) groups is 1. The molecule has 0 saturated carbocycles. The number of anilines is 1. The monoisotopic (exact) mass is 573 g/mol. The lowest BCUT2D eigenvalue weighted by molar-refractivity contribution is 0.251. The lowest BCUT2D eigenvalue weighted by Gasteiger charge is -2.14. The van der Waals surface area contributed by atoms with Crippen LogP contribution in [0.15, 0.2) is 65.8 Å². The SMILES string of the molecule is COc1cccc(CSc2nnc(CNC(=O)Nc3cc(OC)cc(OC)c3)n2-c2ccc(Cl)cc2Cl)c1. The number of benzene rings is 3. The number of rotatable bonds is 10. The van der Waals surface area contributed by atoms with Crippen molar-refractivity contribution in [1.29, 1.82) is 0 Å². The van der Waals surface area contributed by atoms with Gasteiger partial charge in [-0.25, -0.2) is 4.79 Å². The van der Waals surface area contributed by atoms with Crippen molar-refractivity contribution in [1.82, 2.24) is 20.1 Å². The van der Waals surface area contributed by atoms with Gasteiger partial charge in [0.1, 0.15) is 17.2 Å². The average molecular weight is 574 g/mol. The van der Waals surface area contributed by atoms with Gasteiger partial charge in [-0.1, -0.05) is 47.1 Å². The molecule has 4 aromatic rings. The number of carbonyl (C=O) groups is 1. The van der Waals surface area contributed by atoms with Gasteiger partial charge in [-0.15, -0.1) is 10.2 Å². The number of amides is 2. The number of urea groups is 1. The molecule has 2 amide bonds. The number of methoxy groups -OCH3 is 3. The van der Waals surface area contributed by atoms with Crippen LogP contribution in [0.3, 0.4) is 0 Å². The molecule has 0 spiro atoms. The molecule has 38 heavy (non-hydrogen) atoms. The highest BCUT2D eigenvalue weighted by atomic mass is 35.5. The summed E-state index contributed by atoms with van der Waals surface area (Å²) in [5, 5.41) is 15.8. The Morgan fingerprint density at radius 2 is 1.66 bits per heavy atom. The van der Waals surface area contributed by atoms with Crippen molar-refractivity contribution >= 4 is 46.7 Å². The van der Waals surface area contributed by atoms with Gasteiger partial charge in [0.2, 0.25) is 0 Å². The summed E-state index contributed by atoms with van der Waals surface area (Å²) in [6, 6.07) is 17.6. The summed E-state index contributed by atoms with van der Waals surface area (Å²) in [5.74, 6) is 2.98. The molecule has 9 nitrogen and oxygen atoms in total. The van der Waals surface area contributed by atoms with E-state index in [0.29, 0.717) is 49.7 Å². The van der Waals surface area contributed by atoms with Gasteiger partial charge in [0.25, 0.3) is 0 Å². The van der Waals surface area contributed by atoms with Crippen molar-refractivity contribution in [3.63, 3.8) is 0 Å². The van der Waals surface area contributed by atoms with Gasteiger partial charge >= 0.3 is 6.03 Å². The zero-order chi connectivity index (χ0) is 27.1. The molecule has 0 aliphatic rings. The second-order valence-corrected chi connectivity index (χ2v) is 9.67. The predicted molar refractivity (Wildman–Crippen MR) is 149 cm³/mol. The predicted octanol–water partition coefficient (Wildman–Crippen LogP) is 6.21. The minimum Gasteiger partial charge on any atom is -0.497 e. The van der Waals surface area contributed by atoms with Crippen LogP contribution in [0.5, 0.6) is 17.2 Å². The Hall–Kier alpha value is -3.60. The van der Waals surface area contributed by atoms with E-state index >= 15 is 0 Å². The third-order valence-electron chi connectivity index (χ3n) is 5.37. The quantitative estimate of drug-likeness (QED) is 0.217. The molecule has 198 valence electrons. The van der Waals surface area contributed by atoms with Gasteiger partial charge < -0.3 is 24.8 Å². The van der Waals surface area contributed by atoms with E-state index in [1.807, 2.05) is 24.3 Å². The van der Waals surface area contributed by atoms with Crippen LogP contribution in [0.1, 0.15) is 11.4 Å². The highest BCUT2D eigenvalue weighted by Crippen LogP contribution is 2.31. The average Bonchev–Trinajstić information content (AvgIpc) is 3.33. The number of nitrogens with one attached hydrogen (secondary N) is 2. The second kappa shape index (κ2) is 12.8. The minimum absolute atomic E-state index is 0.0820. The number of hydrogen-bond donors (Lipinski definition) is 2. The second-order valence-electron chi connectivity index (χ2n) is 7.88. The highest BCUT2D eigenvalue weighted by molar-refractivity contribution is 7.98. The first-order chi connectivity index (χ1) is 18.4. The smallest absolute Gasteiger partial charge is 0.319 e. The molecular weight excluding hydrogens is 549 g/mol. The van der Waals surface area contributed by atoms with Crippen molar-refractivity contribution in [3.05, 3.63) is 82.1 Å². The van der Waals surface area contributed by atoms with Crippen molar-refractivity contribution in [3.8, 4) is 22.9 Å². The minimum atomic E-state index is -0.442. The maximum Gasteiger partial charge on any atom is 0.319 e. The fourth-order valence-corrected chi connectivity index (χ4v) is 4.94. The number of hydrogen-bond acceptors (Lipinski definition) is 7. The maximum absolute atomic E-state index is 12.7. The van der Waals surface area contributed by atoms with E-state index in [-0.39, 0.29) is 6.54 Å². The number of nitrogens with zero attached hydrogens (tertiary/aromatic N) is 3. The zero-order valence-electron chi connectivity index (χ0n) is 20.8. The molecule has 3 aromatic carbocycles. The van der Waals surface area contributed by atoms with Crippen LogP contribution in [0.25, 0.3) is 5.69 Å². The molecule has 0 bridgehead atoms. The number of ether oxygens (including phenoxy) is 3. The molecule has 0 saturated heterocycles. The fraction of sp³-hybridized carbons (Fsp3) is 0.192. The first kappa shape index (κ1) is 27.4. The molecule has 1 heterocycles. The Bertz CT molecular complexity index is 1410. The summed E-state index contributed by atoms with van der Waals surface area (Å²) in [6.07, 6.45) is 0. The molecule has 2 N–H and O–H groups in total. The fourth-order valence-electron chi connectivity index (χ4n) is 3.54. The van der Waals surface area contributed by atoms with Crippen molar-refractivity contribution in [2.45, 2.75) is 17.5 Å². The van der Waals surface area contributed by atoms with Crippen LogP contribution in [0.4, 0.5) is 10.5 Å². The van der Waals surface area contributed by atoms with Crippen LogP contribution in [-0.2, 0) is 12.3 Å². The van der Waals surface area contributed by atoms with Gasteiger partial charge in [0.15, 0.2) is 11.0 Å². The van der Waals surface area contributed by atoms with Crippen LogP contribution >= 0.6 is 35.0 Å². The standard InChI is InChI=1S/C26H25Cl2N5O4S/c1-35-19-6-4-5-16(9-19)15-38-26-32-31-24(33(26)23-8-7-17(27)10-22(23)28)14-29-25(34)30-18-11-20(36-2)13-21(12-18)37-3/h4-13H,14-15H2,1-3H3,(H2,29,30,34). The molecule has 12 heteroatoms. The number of aromatic nitrogens is 3. The van der Waals surface area contributed by atoms with E-state index in [1.165, 1.54) is 26.0 Å². The van der Waals surface area contributed by atoms with Gasteiger partial charge in [-0.2, -0.15) is 0 Å². The summed E-state index contributed by atoms with van der Waals surface area (Å²) in [6.45, 7) is 0.0820. The summed E-state index contributed by atoms with van der Waals surface area (Å²) in [4.78, 5) is 12.7. The number of carbonyl (C=O) groups excluding carboxylic acids is 1. The Balaban J connectivity index is 1.54. The van der Waals surface area contributed by atoms with E-state index in [4.69, 9.17) is 37.4 Å². The molecule has 0 aliphatic heterocycles. The normalized spacial score (nSPS) is 10.7. The van der Waals surface area contributed by atoms with E-state index in [9.17, 15) is 4.79 Å². The van der Waals surface area contributed by atoms with Gasteiger partial charge in [0, 0.05) is 34.7 Å². The molecule has 4 rings (SSSR count). The third kappa shape index (κ3) is 6.83. The molecular formula is C26H25Cl2N5O4S. The van der Waals surface area contributed by atoms with Gasteiger partial charge in [-0.05, 0) is 35.9 Å². The Labute approximate surface area is 234 Å². The van der Waals surface area contributed by atoms with Crippen molar-refractivity contribution in [2.24, 2.45) is 0 Å². The lowest BCUT2D eigenvalue weighted by Crippen LogP contribution is -2.29. The summed E-state index contributed by atoms with van der Waals surface area (Å²) in [7, 11) is 4.71. The van der Waals surface area contributed by atoms with E-state index in [2.05, 4.69) is 20.8 Å².